The van der Waals surface area contributed by atoms with Crippen LogP contribution in [-0.2, 0) is 11.2 Å². The molecule has 1 heterocycles. The number of carbonyl (C=O) groups is 1. The van der Waals surface area contributed by atoms with Crippen molar-refractivity contribution in [2.45, 2.75) is 32.1 Å². The average Bonchev–Trinajstić information content (AvgIpc) is 3.06. The second-order valence-electron chi connectivity index (χ2n) is 6.92. The fraction of sp³-hybridized carbons (Fsp3) is 0.632. The first-order valence-electron chi connectivity index (χ1n) is 8.89. The van der Waals surface area contributed by atoms with Gasteiger partial charge in [0.15, 0.2) is 11.5 Å². The van der Waals surface area contributed by atoms with E-state index in [0.29, 0.717) is 12.5 Å². The summed E-state index contributed by atoms with van der Waals surface area (Å²) >= 11 is 0. The normalized spacial score (nSPS) is 24.8. The van der Waals surface area contributed by atoms with E-state index in [2.05, 4.69) is 10.6 Å². The minimum absolute atomic E-state index is 0. The summed E-state index contributed by atoms with van der Waals surface area (Å²) in [5.41, 5.74) is 0.964. The molecule has 5 nitrogen and oxygen atoms in total. The molecule has 0 spiro atoms. The summed E-state index contributed by atoms with van der Waals surface area (Å²) < 4.78 is 10.6. The first kappa shape index (κ1) is 19.9. The maximum atomic E-state index is 12.8. The number of ether oxygens (including phenoxy) is 2. The number of carbonyl (C=O) groups excluding carboxylic acids is 1. The van der Waals surface area contributed by atoms with E-state index in [0.717, 1.165) is 43.0 Å². The smallest absolute Gasteiger partial charge is 0.227 e. The van der Waals surface area contributed by atoms with Gasteiger partial charge in [-0.25, -0.2) is 0 Å². The second kappa shape index (κ2) is 8.77. The van der Waals surface area contributed by atoms with Crippen molar-refractivity contribution in [3.8, 4) is 11.5 Å². The van der Waals surface area contributed by atoms with Crippen molar-refractivity contribution in [3.63, 3.8) is 0 Å². The highest BCUT2D eigenvalue weighted by Crippen LogP contribution is 2.43. The maximum absolute atomic E-state index is 12.8. The third-order valence-corrected chi connectivity index (χ3v) is 5.64. The summed E-state index contributed by atoms with van der Waals surface area (Å²) in [5, 5.41) is 6.61. The molecular formula is C19H29ClN2O3. The van der Waals surface area contributed by atoms with Crippen LogP contribution >= 0.6 is 12.4 Å². The van der Waals surface area contributed by atoms with Crippen molar-refractivity contribution < 1.29 is 14.3 Å². The van der Waals surface area contributed by atoms with Gasteiger partial charge >= 0.3 is 0 Å². The largest absolute Gasteiger partial charge is 0.493 e. The number of halogens is 1. The fourth-order valence-corrected chi connectivity index (χ4v) is 4.22. The molecule has 1 aliphatic carbocycles. The van der Waals surface area contributed by atoms with E-state index in [1.54, 1.807) is 14.2 Å². The van der Waals surface area contributed by atoms with E-state index in [1.807, 2.05) is 18.2 Å². The van der Waals surface area contributed by atoms with Crippen molar-refractivity contribution >= 4 is 18.3 Å². The minimum atomic E-state index is -0.171. The lowest BCUT2D eigenvalue weighted by Crippen LogP contribution is -2.48. The first-order valence-corrected chi connectivity index (χ1v) is 8.89. The summed E-state index contributed by atoms with van der Waals surface area (Å²) in [5.74, 6) is 2.20. The molecule has 0 bridgehead atoms. The molecule has 1 saturated carbocycles. The highest BCUT2D eigenvalue weighted by Gasteiger charge is 2.49. The Labute approximate surface area is 156 Å². The highest BCUT2D eigenvalue weighted by atomic mass is 35.5. The molecular weight excluding hydrogens is 340 g/mol. The molecule has 1 amide bonds. The summed E-state index contributed by atoms with van der Waals surface area (Å²) in [7, 11) is 3.27. The van der Waals surface area contributed by atoms with E-state index in [4.69, 9.17) is 9.47 Å². The molecule has 2 N–H and O–H groups in total. The molecule has 25 heavy (non-hydrogen) atoms. The Kier molecular flexibility index (Phi) is 6.96. The van der Waals surface area contributed by atoms with Gasteiger partial charge in [-0.05, 0) is 49.4 Å². The van der Waals surface area contributed by atoms with Crippen LogP contribution in [0.4, 0.5) is 0 Å². The maximum Gasteiger partial charge on any atom is 0.227 e. The fourth-order valence-electron chi connectivity index (χ4n) is 4.22. The Balaban J connectivity index is 0.00000225. The summed E-state index contributed by atoms with van der Waals surface area (Å²) in [6.45, 7) is 2.48. The molecule has 2 aliphatic rings. The molecule has 6 heteroatoms. The van der Waals surface area contributed by atoms with E-state index in [9.17, 15) is 4.79 Å². The Hall–Kier alpha value is -1.46. The van der Waals surface area contributed by atoms with E-state index >= 15 is 0 Å². The van der Waals surface area contributed by atoms with Gasteiger partial charge in [-0.3, -0.25) is 4.79 Å². The quantitative estimate of drug-likeness (QED) is 0.810. The highest BCUT2D eigenvalue weighted by molar-refractivity contribution is 5.85. The van der Waals surface area contributed by atoms with Crippen LogP contribution < -0.4 is 20.1 Å². The molecule has 1 aromatic rings. The standard InChI is InChI=1S/C19H28N2O3.ClH/c1-23-16-7-6-14(11-17(16)24-2)8-10-21-18(22)19-9-4-3-5-15(19)12-20-13-19;/h6-7,11,15,20H,3-5,8-10,12-13H2,1-2H3,(H,21,22);1H/t15-,19+;/m0./s1. The van der Waals surface area contributed by atoms with Gasteiger partial charge < -0.3 is 20.1 Å². The molecule has 0 radical (unpaired) electrons. The van der Waals surface area contributed by atoms with Gasteiger partial charge in [-0.2, -0.15) is 0 Å². The lowest BCUT2D eigenvalue weighted by atomic mass is 9.67. The van der Waals surface area contributed by atoms with Crippen molar-refractivity contribution in [2.75, 3.05) is 33.9 Å². The number of amides is 1. The molecule has 3 rings (SSSR count). The number of hydrogen-bond donors (Lipinski definition) is 2. The lowest BCUT2D eigenvalue weighted by molar-refractivity contribution is -0.133. The number of methoxy groups -OCH3 is 2. The number of nitrogens with one attached hydrogen (secondary N) is 2. The number of fused-ring (bicyclic) bond motifs is 1. The number of rotatable bonds is 6. The predicted octanol–water partition coefficient (Wildman–Crippen LogP) is 2.56. The Morgan fingerprint density at radius 1 is 1.28 bits per heavy atom. The van der Waals surface area contributed by atoms with Crippen LogP contribution in [0.2, 0.25) is 0 Å². The van der Waals surface area contributed by atoms with Crippen molar-refractivity contribution in [1.82, 2.24) is 10.6 Å². The van der Waals surface area contributed by atoms with Crippen LogP contribution in [0.25, 0.3) is 0 Å². The van der Waals surface area contributed by atoms with Gasteiger partial charge in [-0.15, -0.1) is 12.4 Å². The zero-order valence-corrected chi connectivity index (χ0v) is 15.9. The molecule has 140 valence electrons. The van der Waals surface area contributed by atoms with Crippen molar-refractivity contribution in [3.05, 3.63) is 23.8 Å². The molecule has 1 aliphatic heterocycles. The Morgan fingerprint density at radius 3 is 2.84 bits per heavy atom. The van der Waals surface area contributed by atoms with Crippen LogP contribution in [0.3, 0.4) is 0 Å². The number of hydrogen-bond acceptors (Lipinski definition) is 4. The molecule has 1 saturated heterocycles. The average molecular weight is 369 g/mol. The van der Waals surface area contributed by atoms with Crippen LogP contribution in [0, 0.1) is 11.3 Å². The van der Waals surface area contributed by atoms with Crippen molar-refractivity contribution in [1.29, 1.82) is 0 Å². The molecule has 1 aromatic carbocycles. The lowest BCUT2D eigenvalue weighted by Gasteiger charge is -2.37. The molecule has 2 atom stereocenters. The van der Waals surface area contributed by atoms with Crippen LogP contribution in [-0.4, -0.2) is 39.8 Å². The van der Waals surface area contributed by atoms with E-state index in [-0.39, 0.29) is 23.7 Å². The van der Waals surface area contributed by atoms with Gasteiger partial charge in [-0.1, -0.05) is 18.9 Å². The summed E-state index contributed by atoms with van der Waals surface area (Å²) in [4.78, 5) is 12.8. The van der Waals surface area contributed by atoms with Crippen LogP contribution in [0.5, 0.6) is 11.5 Å². The first-order chi connectivity index (χ1) is 11.7. The Morgan fingerprint density at radius 2 is 2.08 bits per heavy atom. The minimum Gasteiger partial charge on any atom is -0.493 e. The topological polar surface area (TPSA) is 59.6 Å². The summed E-state index contributed by atoms with van der Waals surface area (Å²) in [6.07, 6.45) is 5.41. The Bertz CT molecular complexity index is 596. The zero-order chi connectivity index (χ0) is 17.0. The van der Waals surface area contributed by atoms with E-state index in [1.165, 1.54) is 19.3 Å². The van der Waals surface area contributed by atoms with Crippen LogP contribution in [0.15, 0.2) is 18.2 Å². The van der Waals surface area contributed by atoms with E-state index < -0.39 is 0 Å². The second-order valence-corrected chi connectivity index (χ2v) is 6.92. The van der Waals surface area contributed by atoms with Gasteiger partial charge in [0, 0.05) is 13.1 Å². The third-order valence-electron chi connectivity index (χ3n) is 5.64. The van der Waals surface area contributed by atoms with Gasteiger partial charge in [0.2, 0.25) is 5.91 Å². The van der Waals surface area contributed by atoms with Gasteiger partial charge in [0.1, 0.15) is 0 Å². The molecule has 0 unspecified atom stereocenters. The SMILES string of the molecule is COc1ccc(CCNC(=O)[C@@]23CCCC[C@H]2CNC3)cc1OC.Cl. The number of benzene rings is 1. The van der Waals surface area contributed by atoms with Gasteiger partial charge in [0.25, 0.3) is 0 Å². The third kappa shape index (κ3) is 4.04. The molecule has 0 aromatic heterocycles. The van der Waals surface area contributed by atoms with Crippen molar-refractivity contribution in [2.24, 2.45) is 11.3 Å². The summed E-state index contributed by atoms with van der Waals surface area (Å²) in [6, 6.07) is 5.91. The van der Waals surface area contributed by atoms with Gasteiger partial charge in [0.05, 0.1) is 19.6 Å². The zero-order valence-electron chi connectivity index (χ0n) is 15.1. The monoisotopic (exact) mass is 368 g/mol. The predicted molar refractivity (Wildman–Crippen MR) is 101 cm³/mol. The van der Waals surface area contributed by atoms with Crippen LogP contribution in [0.1, 0.15) is 31.2 Å². The molecule has 2 fully saturated rings.